The Morgan fingerprint density at radius 1 is 1.00 bits per heavy atom. The van der Waals surface area contributed by atoms with E-state index in [9.17, 15) is 9.59 Å². The van der Waals surface area contributed by atoms with Crippen LogP contribution in [-0.4, -0.2) is 18.5 Å². The summed E-state index contributed by atoms with van der Waals surface area (Å²) in [6.45, 7) is 7.84. The minimum absolute atomic E-state index is 0.127. The summed E-state index contributed by atoms with van der Waals surface area (Å²) in [5, 5.41) is 3.56. The number of hydrogen-bond donors (Lipinski definition) is 1. The SMILES string of the molecule is CCOC(=O)c1c(NC(=O)C(C)(C)Cc2ccccc2)sc(C)c1-c1ccccc1. The highest BCUT2D eigenvalue weighted by Crippen LogP contribution is 2.41. The first-order chi connectivity index (χ1) is 14.3. The minimum atomic E-state index is -0.641. The van der Waals surface area contributed by atoms with Crippen LogP contribution in [0, 0.1) is 12.3 Å². The van der Waals surface area contributed by atoms with Gasteiger partial charge in [0.15, 0.2) is 0 Å². The number of carbonyl (C=O) groups excluding carboxylic acids is 2. The maximum Gasteiger partial charge on any atom is 0.341 e. The standard InChI is InChI=1S/C25H27NO3S/c1-5-29-23(27)21-20(19-14-10-7-11-15-19)17(2)30-22(21)26-24(28)25(3,4)16-18-12-8-6-9-13-18/h6-15H,5,16H2,1-4H3,(H,26,28). The molecular formula is C25H27NO3S. The number of carbonyl (C=O) groups is 2. The smallest absolute Gasteiger partial charge is 0.341 e. The monoisotopic (exact) mass is 421 g/mol. The molecule has 3 aromatic rings. The Morgan fingerprint density at radius 2 is 1.60 bits per heavy atom. The second-order valence-electron chi connectivity index (χ2n) is 7.82. The van der Waals surface area contributed by atoms with E-state index in [1.807, 2.05) is 81.4 Å². The van der Waals surface area contributed by atoms with Crippen LogP contribution in [-0.2, 0) is 16.0 Å². The fourth-order valence-corrected chi connectivity index (χ4v) is 4.50. The van der Waals surface area contributed by atoms with Crippen molar-refractivity contribution < 1.29 is 14.3 Å². The van der Waals surface area contributed by atoms with Crippen molar-refractivity contribution in [3.05, 3.63) is 76.7 Å². The molecule has 0 saturated heterocycles. The molecule has 4 nitrogen and oxygen atoms in total. The number of benzene rings is 2. The first-order valence-corrected chi connectivity index (χ1v) is 10.9. The molecule has 30 heavy (non-hydrogen) atoms. The minimum Gasteiger partial charge on any atom is -0.462 e. The molecular weight excluding hydrogens is 394 g/mol. The molecule has 3 rings (SSSR count). The van der Waals surface area contributed by atoms with Gasteiger partial charge in [-0.25, -0.2) is 4.79 Å². The van der Waals surface area contributed by atoms with Crippen molar-refractivity contribution >= 4 is 28.2 Å². The van der Waals surface area contributed by atoms with Crippen molar-refractivity contribution in [2.75, 3.05) is 11.9 Å². The molecule has 0 fully saturated rings. The summed E-state index contributed by atoms with van der Waals surface area (Å²) >= 11 is 1.41. The predicted octanol–water partition coefficient (Wildman–Crippen LogP) is 6.11. The van der Waals surface area contributed by atoms with Crippen molar-refractivity contribution in [1.29, 1.82) is 0 Å². The molecule has 1 aromatic heterocycles. The maximum absolute atomic E-state index is 13.2. The number of thiophene rings is 1. The molecule has 0 spiro atoms. The second kappa shape index (κ2) is 9.26. The Balaban J connectivity index is 1.95. The van der Waals surface area contributed by atoms with Crippen LogP contribution in [0.1, 0.15) is 41.6 Å². The molecule has 0 atom stereocenters. The van der Waals surface area contributed by atoms with Gasteiger partial charge in [-0.05, 0) is 31.4 Å². The van der Waals surface area contributed by atoms with Gasteiger partial charge in [-0.1, -0.05) is 74.5 Å². The van der Waals surface area contributed by atoms with Gasteiger partial charge in [0, 0.05) is 15.9 Å². The van der Waals surface area contributed by atoms with Gasteiger partial charge < -0.3 is 10.1 Å². The molecule has 156 valence electrons. The van der Waals surface area contributed by atoms with Crippen LogP contribution in [0.3, 0.4) is 0 Å². The van der Waals surface area contributed by atoms with Crippen molar-refractivity contribution in [3.63, 3.8) is 0 Å². The molecule has 1 N–H and O–H groups in total. The number of amides is 1. The van der Waals surface area contributed by atoms with Gasteiger partial charge >= 0.3 is 5.97 Å². The zero-order valence-corrected chi connectivity index (χ0v) is 18.6. The lowest BCUT2D eigenvalue weighted by molar-refractivity contribution is -0.123. The van der Waals surface area contributed by atoms with Crippen molar-refractivity contribution in [3.8, 4) is 11.1 Å². The van der Waals surface area contributed by atoms with E-state index in [0.29, 0.717) is 17.0 Å². The molecule has 5 heteroatoms. The first kappa shape index (κ1) is 21.8. The van der Waals surface area contributed by atoms with Crippen LogP contribution in [0.2, 0.25) is 0 Å². The van der Waals surface area contributed by atoms with Crippen molar-refractivity contribution in [2.45, 2.75) is 34.1 Å². The Labute approximate surface area is 181 Å². The molecule has 1 heterocycles. The quantitative estimate of drug-likeness (QED) is 0.468. The lowest BCUT2D eigenvalue weighted by atomic mass is 9.85. The van der Waals surface area contributed by atoms with E-state index in [-0.39, 0.29) is 12.5 Å². The third kappa shape index (κ3) is 4.79. The summed E-state index contributed by atoms with van der Waals surface area (Å²) in [6, 6.07) is 19.7. The first-order valence-electron chi connectivity index (χ1n) is 10.0. The molecule has 0 aliphatic heterocycles. The Kier molecular flexibility index (Phi) is 6.73. The highest BCUT2D eigenvalue weighted by molar-refractivity contribution is 7.17. The number of anilines is 1. The molecule has 0 bridgehead atoms. The average molecular weight is 422 g/mol. The molecule has 0 aliphatic rings. The van der Waals surface area contributed by atoms with E-state index in [1.165, 1.54) is 11.3 Å². The largest absolute Gasteiger partial charge is 0.462 e. The fraction of sp³-hybridized carbons (Fsp3) is 0.280. The summed E-state index contributed by atoms with van der Waals surface area (Å²) in [4.78, 5) is 27.0. The summed E-state index contributed by atoms with van der Waals surface area (Å²) in [5.41, 5.74) is 2.62. The topological polar surface area (TPSA) is 55.4 Å². The van der Waals surface area contributed by atoms with Crippen LogP contribution >= 0.6 is 11.3 Å². The zero-order chi connectivity index (χ0) is 21.7. The summed E-state index contributed by atoms with van der Waals surface area (Å²) < 4.78 is 5.32. The predicted molar refractivity (Wildman–Crippen MR) is 123 cm³/mol. The van der Waals surface area contributed by atoms with E-state index >= 15 is 0 Å². The third-order valence-corrected chi connectivity index (χ3v) is 5.98. The highest BCUT2D eigenvalue weighted by Gasteiger charge is 2.31. The van der Waals surface area contributed by atoms with Crippen LogP contribution in [0.15, 0.2) is 60.7 Å². The number of nitrogens with one attached hydrogen (secondary N) is 1. The number of esters is 1. The van der Waals surface area contributed by atoms with E-state index < -0.39 is 11.4 Å². The zero-order valence-electron chi connectivity index (χ0n) is 17.8. The summed E-state index contributed by atoms with van der Waals surface area (Å²) in [5.74, 6) is -0.547. The van der Waals surface area contributed by atoms with Gasteiger partial charge in [-0.3, -0.25) is 4.79 Å². The number of rotatable bonds is 7. The number of ether oxygens (including phenoxy) is 1. The lowest BCUT2D eigenvalue weighted by Gasteiger charge is -2.23. The third-order valence-electron chi connectivity index (χ3n) is 4.96. The van der Waals surface area contributed by atoms with Gasteiger partial charge in [0.05, 0.1) is 6.61 Å². The van der Waals surface area contributed by atoms with Crippen molar-refractivity contribution in [2.24, 2.45) is 5.41 Å². The second-order valence-corrected chi connectivity index (χ2v) is 9.05. The van der Waals surface area contributed by atoms with Gasteiger partial charge in [0.2, 0.25) is 5.91 Å². The maximum atomic E-state index is 13.2. The molecule has 2 aromatic carbocycles. The Morgan fingerprint density at radius 3 is 2.20 bits per heavy atom. The Hall–Kier alpha value is -2.92. The van der Waals surface area contributed by atoms with Gasteiger partial charge in [0.25, 0.3) is 0 Å². The molecule has 1 amide bonds. The van der Waals surface area contributed by atoms with Crippen LogP contribution in [0.4, 0.5) is 5.00 Å². The summed E-state index contributed by atoms with van der Waals surface area (Å²) in [6.07, 6.45) is 0.602. The normalized spacial score (nSPS) is 11.2. The number of aryl methyl sites for hydroxylation is 1. The fourth-order valence-electron chi connectivity index (χ4n) is 3.44. The van der Waals surface area contributed by atoms with Crippen LogP contribution < -0.4 is 5.32 Å². The van der Waals surface area contributed by atoms with Crippen LogP contribution in [0.25, 0.3) is 11.1 Å². The highest BCUT2D eigenvalue weighted by atomic mass is 32.1. The molecule has 0 aliphatic carbocycles. The van der Waals surface area contributed by atoms with Gasteiger partial charge in [-0.15, -0.1) is 11.3 Å². The molecule has 0 radical (unpaired) electrons. The molecule has 0 unspecified atom stereocenters. The van der Waals surface area contributed by atoms with E-state index in [2.05, 4.69) is 5.32 Å². The summed E-state index contributed by atoms with van der Waals surface area (Å²) in [7, 11) is 0. The van der Waals surface area contributed by atoms with E-state index in [4.69, 9.17) is 4.74 Å². The van der Waals surface area contributed by atoms with E-state index in [0.717, 1.165) is 21.6 Å². The van der Waals surface area contributed by atoms with E-state index in [1.54, 1.807) is 6.92 Å². The molecule has 0 saturated carbocycles. The van der Waals surface area contributed by atoms with Crippen molar-refractivity contribution in [1.82, 2.24) is 0 Å². The lowest BCUT2D eigenvalue weighted by Crippen LogP contribution is -2.33. The van der Waals surface area contributed by atoms with Gasteiger partial charge in [-0.2, -0.15) is 0 Å². The average Bonchev–Trinajstić information content (AvgIpc) is 3.05. The number of hydrogen-bond acceptors (Lipinski definition) is 4. The Bertz CT molecular complexity index is 1020. The van der Waals surface area contributed by atoms with Crippen LogP contribution in [0.5, 0.6) is 0 Å². The van der Waals surface area contributed by atoms with Gasteiger partial charge in [0.1, 0.15) is 10.6 Å².